The lowest BCUT2D eigenvalue weighted by Gasteiger charge is -2.23. The fourth-order valence-corrected chi connectivity index (χ4v) is 2.72. The molecule has 2 N–H and O–H groups in total. The maximum Gasteiger partial charge on any atom is 0.254 e. The van der Waals surface area contributed by atoms with Crippen LogP contribution < -0.4 is 10.6 Å². The lowest BCUT2D eigenvalue weighted by Crippen LogP contribution is -2.47. The molecule has 4 nitrogen and oxygen atoms in total. The van der Waals surface area contributed by atoms with Crippen LogP contribution in [-0.2, 0) is 4.79 Å². The molecule has 2 aromatic carbocycles. The SMILES string of the molecule is CC(C)c1ccccc1NC(=O)[C@H](NC(=O)c1ccccc1F)C(C)C. The van der Waals surface area contributed by atoms with Gasteiger partial charge in [-0.3, -0.25) is 9.59 Å². The second-order valence-electron chi connectivity index (χ2n) is 6.91. The van der Waals surface area contributed by atoms with Crippen molar-refractivity contribution in [1.29, 1.82) is 0 Å². The van der Waals surface area contributed by atoms with Gasteiger partial charge in [0.05, 0.1) is 5.56 Å². The molecular weight excluding hydrogens is 331 g/mol. The average Bonchev–Trinajstić information content (AvgIpc) is 2.59. The van der Waals surface area contributed by atoms with Crippen molar-refractivity contribution >= 4 is 17.5 Å². The Balaban J connectivity index is 2.18. The first-order chi connectivity index (χ1) is 12.3. The first-order valence-corrected chi connectivity index (χ1v) is 8.76. The minimum atomic E-state index is -0.776. The van der Waals surface area contributed by atoms with Crippen molar-refractivity contribution in [2.45, 2.75) is 39.7 Å². The number of carbonyl (C=O) groups excluding carboxylic acids is 2. The average molecular weight is 356 g/mol. The Kier molecular flexibility index (Phi) is 6.50. The van der Waals surface area contributed by atoms with Crippen LogP contribution in [0.25, 0.3) is 0 Å². The lowest BCUT2D eigenvalue weighted by molar-refractivity contribution is -0.118. The molecule has 26 heavy (non-hydrogen) atoms. The Labute approximate surface area is 153 Å². The quantitative estimate of drug-likeness (QED) is 0.809. The smallest absolute Gasteiger partial charge is 0.254 e. The molecule has 0 unspecified atom stereocenters. The highest BCUT2D eigenvalue weighted by atomic mass is 19.1. The standard InChI is InChI=1S/C21H25FN2O2/c1-13(2)15-9-6-8-12-18(15)23-21(26)19(14(3)4)24-20(25)16-10-5-7-11-17(16)22/h5-14,19H,1-4H3,(H,23,26)(H,24,25)/t19-/m1/s1. The molecule has 2 rings (SSSR count). The summed E-state index contributed by atoms with van der Waals surface area (Å²) < 4.78 is 13.8. The summed E-state index contributed by atoms with van der Waals surface area (Å²) in [6.45, 7) is 7.76. The zero-order valence-electron chi connectivity index (χ0n) is 15.5. The molecule has 138 valence electrons. The van der Waals surface area contributed by atoms with Crippen LogP contribution in [0, 0.1) is 11.7 Å². The van der Waals surface area contributed by atoms with Gasteiger partial charge in [0.2, 0.25) is 5.91 Å². The van der Waals surface area contributed by atoms with Crippen molar-refractivity contribution in [1.82, 2.24) is 5.32 Å². The molecule has 1 atom stereocenters. The van der Waals surface area contributed by atoms with Gasteiger partial charge in [0.15, 0.2) is 0 Å². The molecule has 0 aliphatic heterocycles. The molecular formula is C21H25FN2O2. The monoisotopic (exact) mass is 356 g/mol. The zero-order chi connectivity index (χ0) is 19.3. The Hall–Kier alpha value is -2.69. The zero-order valence-corrected chi connectivity index (χ0v) is 15.5. The van der Waals surface area contributed by atoms with Crippen molar-refractivity contribution in [2.24, 2.45) is 5.92 Å². The van der Waals surface area contributed by atoms with E-state index < -0.39 is 17.8 Å². The molecule has 5 heteroatoms. The van der Waals surface area contributed by atoms with Crippen LogP contribution in [-0.4, -0.2) is 17.9 Å². The molecule has 0 aliphatic carbocycles. The topological polar surface area (TPSA) is 58.2 Å². The molecule has 0 heterocycles. The van der Waals surface area contributed by atoms with Gasteiger partial charge in [-0.15, -0.1) is 0 Å². The number of nitrogens with one attached hydrogen (secondary N) is 2. The Morgan fingerprint density at radius 1 is 0.923 bits per heavy atom. The van der Waals surface area contributed by atoms with Crippen molar-refractivity contribution in [2.75, 3.05) is 5.32 Å². The van der Waals surface area contributed by atoms with Gasteiger partial charge < -0.3 is 10.6 Å². The van der Waals surface area contributed by atoms with Crippen LogP contribution >= 0.6 is 0 Å². The Morgan fingerprint density at radius 3 is 2.15 bits per heavy atom. The predicted molar refractivity (Wildman–Crippen MR) is 102 cm³/mol. The van der Waals surface area contributed by atoms with Gasteiger partial charge >= 0.3 is 0 Å². The second kappa shape index (κ2) is 8.61. The Morgan fingerprint density at radius 2 is 1.54 bits per heavy atom. The Bertz CT molecular complexity index is 787. The maximum absolute atomic E-state index is 13.8. The number of benzene rings is 2. The molecule has 0 fully saturated rings. The van der Waals surface area contributed by atoms with Crippen molar-refractivity contribution < 1.29 is 14.0 Å². The van der Waals surface area contributed by atoms with E-state index in [4.69, 9.17) is 0 Å². The normalized spacial score (nSPS) is 12.1. The molecule has 0 radical (unpaired) electrons. The number of para-hydroxylation sites is 1. The molecule has 0 saturated carbocycles. The van der Waals surface area contributed by atoms with E-state index in [-0.39, 0.29) is 23.3 Å². The number of amides is 2. The summed E-state index contributed by atoms with van der Waals surface area (Å²) in [4.78, 5) is 25.1. The van der Waals surface area contributed by atoms with Crippen LogP contribution in [0.5, 0.6) is 0 Å². The summed E-state index contributed by atoms with van der Waals surface area (Å²) in [6, 6.07) is 12.5. The number of carbonyl (C=O) groups is 2. The first kappa shape index (κ1) is 19.6. The van der Waals surface area contributed by atoms with Gasteiger partial charge in [0.1, 0.15) is 11.9 Å². The second-order valence-corrected chi connectivity index (χ2v) is 6.91. The van der Waals surface area contributed by atoms with E-state index in [1.807, 2.05) is 52.0 Å². The summed E-state index contributed by atoms with van der Waals surface area (Å²) in [5.74, 6) is -1.45. The highest BCUT2D eigenvalue weighted by molar-refractivity contribution is 6.01. The van der Waals surface area contributed by atoms with Crippen LogP contribution in [0.3, 0.4) is 0 Å². The molecule has 2 aromatic rings. The minimum Gasteiger partial charge on any atom is -0.340 e. The summed E-state index contributed by atoms with van der Waals surface area (Å²) >= 11 is 0. The van der Waals surface area contributed by atoms with Crippen LogP contribution in [0.4, 0.5) is 10.1 Å². The summed E-state index contributed by atoms with van der Waals surface area (Å²) in [5, 5.41) is 5.55. The molecule has 0 saturated heterocycles. The number of halogens is 1. The van der Waals surface area contributed by atoms with E-state index in [0.717, 1.165) is 11.3 Å². The molecule has 0 spiro atoms. The van der Waals surface area contributed by atoms with Crippen LogP contribution in [0.15, 0.2) is 48.5 Å². The first-order valence-electron chi connectivity index (χ1n) is 8.76. The van der Waals surface area contributed by atoms with Crippen molar-refractivity contribution in [3.63, 3.8) is 0 Å². The van der Waals surface area contributed by atoms with Gasteiger partial charge in [-0.05, 0) is 35.6 Å². The molecule has 0 bridgehead atoms. The summed E-state index contributed by atoms with van der Waals surface area (Å²) in [7, 11) is 0. The molecule has 0 aromatic heterocycles. The number of anilines is 1. The van der Waals surface area contributed by atoms with Crippen molar-refractivity contribution in [3.8, 4) is 0 Å². The van der Waals surface area contributed by atoms with E-state index in [2.05, 4.69) is 10.6 Å². The maximum atomic E-state index is 13.8. The third-order valence-electron chi connectivity index (χ3n) is 4.19. The number of hydrogen-bond acceptors (Lipinski definition) is 2. The van der Waals surface area contributed by atoms with Gasteiger partial charge in [-0.1, -0.05) is 58.0 Å². The largest absolute Gasteiger partial charge is 0.340 e. The van der Waals surface area contributed by atoms with E-state index in [0.29, 0.717) is 0 Å². The minimum absolute atomic E-state index is 0.0754. The highest BCUT2D eigenvalue weighted by Crippen LogP contribution is 2.24. The third-order valence-corrected chi connectivity index (χ3v) is 4.19. The highest BCUT2D eigenvalue weighted by Gasteiger charge is 2.26. The van der Waals surface area contributed by atoms with Gasteiger partial charge in [0, 0.05) is 5.69 Å². The van der Waals surface area contributed by atoms with E-state index in [1.165, 1.54) is 18.2 Å². The molecule has 0 aliphatic rings. The van der Waals surface area contributed by atoms with Gasteiger partial charge in [0.25, 0.3) is 5.91 Å². The van der Waals surface area contributed by atoms with E-state index in [1.54, 1.807) is 6.07 Å². The summed E-state index contributed by atoms with van der Waals surface area (Å²) in [6.07, 6.45) is 0. The fourth-order valence-electron chi connectivity index (χ4n) is 2.72. The fraction of sp³-hybridized carbons (Fsp3) is 0.333. The molecule has 2 amide bonds. The van der Waals surface area contributed by atoms with Gasteiger partial charge in [-0.25, -0.2) is 4.39 Å². The van der Waals surface area contributed by atoms with E-state index in [9.17, 15) is 14.0 Å². The summed E-state index contributed by atoms with van der Waals surface area (Å²) in [5.41, 5.74) is 1.66. The number of rotatable bonds is 6. The van der Waals surface area contributed by atoms with Crippen LogP contribution in [0.1, 0.15) is 49.5 Å². The number of hydrogen-bond donors (Lipinski definition) is 2. The van der Waals surface area contributed by atoms with Crippen molar-refractivity contribution in [3.05, 3.63) is 65.5 Å². The van der Waals surface area contributed by atoms with E-state index >= 15 is 0 Å². The van der Waals surface area contributed by atoms with Crippen LogP contribution in [0.2, 0.25) is 0 Å². The lowest BCUT2D eigenvalue weighted by atomic mass is 9.99. The third kappa shape index (κ3) is 4.69. The van der Waals surface area contributed by atoms with Gasteiger partial charge in [-0.2, -0.15) is 0 Å². The predicted octanol–water partition coefficient (Wildman–Crippen LogP) is 4.34.